The fourth-order valence-corrected chi connectivity index (χ4v) is 6.95. The Morgan fingerprint density at radius 2 is 1.78 bits per heavy atom. The van der Waals surface area contributed by atoms with Crippen LogP contribution in [0.5, 0.6) is 5.75 Å². The molecular formula is C35H42N10O6. The summed E-state index contributed by atoms with van der Waals surface area (Å²) >= 11 is 0. The van der Waals surface area contributed by atoms with Crippen molar-refractivity contribution in [1.82, 2.24) is 39.9 Å². The molecule has 2 aliphatic rings. The van der Waals surface area contributed by atoms with Crippen LogP contribution in [0.4, 0.5) is 16.6 Å². The number of nitrogens with one attached hydrogen (secondary N) is 3. The third-order valence-corrected chi connectivity index (χ3v) is 9.62. The number of aromatic nitrogens is 6. The SMILES string of the molecule is O=C(NCc1cccc(O)c1)NC1CCN(c2nc(NC(CO)Cc3ccccc3)c3ncn(C4CC(n5cc(CO)cn5)C(O)C4O)c3n2)C1. The van der Waals surface area contributed by atoms with Crippen molar-refractivity contribution in [2.75, 3.05) is 29.9 Å². The van der Waals surface area contributed by atoms with E-state index in [1.807, 2.05) is 41.3 Å². The number of aromatic hydroxyl groups is 1. The monoisotopic (exact) mass is 698 g/mol. The van der Waals surface area contributed by atoms with Crippen LogP contribution in [0.3, 0.4) is 0 Å². The number of aliphatic hydroxyl groups is 4. The van der Waals surface area contributed by atoms with E-state index in [0.717, 1.165) is 11.1 Å². The molecular weight excluding hydrogens is 656 g/mol. The molecule has 1 aliphatic heterocycles. The van der Waals surface area contributed by atoms with Gasteiger partial charge in [0, 0.05) is 37.4 Å². The van der Waals surface area contributed by atoms with Crippen molar-refractivity contribution in [2.45, 2.75) is 68.8 Å². The smallest absolute Gasteiger partial charge is 0.315 e. The van der Waals surface area contributed by atoms with Gasteiger partial charge in [-0.2, -0.15) is 15.1 Å². The van der Waals surface area contributed by atoms with Crippen LogP contribution in [0.2, 0.25) is 0 Å². The van der Waals surface area contributed by atoms with Gasteiger partial charge in [0.1, 0.15) is 18.0 Å². The molecule has 5 aromatic rings. The third-order valence-electron chi connectivity index (χ3n) is 9.62. The van der Waals surface area contributed by atoms with E-state index in [4.69, 9.17) is 9.97 Å². The molecule has 16 heteroatoms. The summed E-state index contributed by atoms with van der Waals surface area (Å²) in [6.45, 7) is 0.899. The lowest BCUT2D eigenvalue weighted by Crippen LogP contribution is -2.43. The predicted octanol–water partition coefficient (Wildman–Crippen LogP) is 1.22. The number of hydrogen-bond acceptors (Lipinski definition) is 12. The maximum Gasteiger partial charge on any atom is 0.315 e. The van der Waals surface area contributed by atoms with Crippen molar-refractivity contribution in [3.63, 3.8) is 0 Å². The number of hydrogen-bond donors (Lipinski definition) is 8. The highest BCUT2D eigenvalue weighted by Crippen LogP contribution is 2.40. The van der Waals surface area contributed by atoms with E-state index in [1.165, 1.54) is 6.20 Å². The number of phenolic OH excluding ortho intramolecular Hbond substituents is 1. The molecule has 16 nitrogen and oxygen atoms in total. The average Bonchev–Trinajstić information content (AvgIpc) is 3.95. The molecule has 1 saturated carbocycles. The first-order valence-electron chi connectivity index (χ1n) is 17.0. The van der Waals surface area contributed by atoms with Gasteiger partial charge in [0.2, 0.25) is 5.95 Å². The Morgan fingerprint density at radius 1 is 0.980 bits per heavy atom. The summed E-state index contributed by atoms with van der Waals surface area (Å²) in [5.74, 6) is 0.928. The van der Waals surface area contributed by atoms with Crippen molar-refractivity contribution in [1.29, 1.82) is 0 Å². The Morgan fingerprint density at radius 3 is 2.55 bits per heavy atom. The van der Waals surface area contributed by atoms with Gasteiger partial charge in [-0.1, -0.05) is 42.5 Å². The van der Waals surface area contributed by atoms with Crippen LogP contribution in [-0.4, -0.2) is 105 Å². The first-order valence-corrected chi connectivity index (χ1v) is 17.0. The van der Waals surface area contributed by atoms with Crippen molar-refractivity contribution in [2.24, 2.45) is 0 Å². The van der Waals surface area contributed by atoms with Gasteiger partial charge < -0.3 is 51.0 Å². The van der Waals surface area contributed by atoms with Gasteiger partial charge in [0.05, 0.1) is 43.9 Å². The lowest BCUT2D eigenvalue weighted by Gasteiger charge is -2.22. The molecule has 2 fully saturated rings. The number of phenols is 1. The second-order valence-corrected chi connectivity index (χ2v) is 13.2. The van der Waals surface area contributed by atoms with Crippen LogP contribution in [0, 0.1) is 0 Å². The Hall–Kier alpha value is -5.29. The lowest BCUT2D eigenvalue weighted by molar-refractivity contribution is 0.00720. The number of fused-ring (bicyclic) bond motifs is 1. The van der Waals surface area contributed by atoms with Crippen molar-refractivity contribution in [3.8, 4) is 5.75 Å². The number of carbonyl (C=O) groups is 1. The molecule has 6 unspecified atom stereocenters. The highest BCUT2D eigenvalue weighted by Gasteiger charge is 2.44. The highest BCUT2D eigenvalue weighted by molar-refractivity contribution is 5.85. The molecule has 1 saturated heterocycles. The number of imidazole rings is 1. The van der Waals surface area contributed by atoms with Crippen molar-refractivity contribution >= 4 is 29.0 Å². The number of urea groups is 1. The molecule has 4 heterocycles. The summed E-state index contributed by atoms with van der Waals surface area (Å²) in [7, 11) is 0. The van der Waals surface area contributed by atoms with Gasteiger partial charge in [-0.25, -0.2) is 9.78 Å². The molecule has 2 aromatic carbocycles. The van der Waals surface area contributed by atoms with E-state index < -0.39 is 30.3 Å². The molecule has 3 aromatic heterocycles. The summed E-state index contributed by atoms with van der Waals surface area (Å²) in [5.41, 5.74) is 3.29. The molecule has 51 heavy (non-hydrogen) atoms. The van der Waals surface area contributed by atoms with E-state index in [9.17, 15) is 30.3 Å². The van der Waals surface area contributed by atoms with E-state index in [-0.39, 0.29) is 37.6 Å². The van der Waals surface area contributed by atoms with E-state index in [2.05, 4.69) is 26.0 Å². The first kappa shape index (κ1) is 34.2. The summed E-state index contributed by atoms with van der Waals surface area (Å²) in [4.78, 5) is 29.2. The van der Waals surface area contributed by atoms with E-state index in [1.54, 1.807) is 40.0 Å². The molecule has 8 N–H and O–H groups in total. The molecule has 1 aliphatic carbocycles. The molecule has 268 valence electrons. The highest BCUT2D eigenvalue weighted by atomic mass is 16.3. The van der Waals surface area contributed by atoms with Crippen molar-refractivity contribution in [3.05, 3.63) is 90.0 Å². The number of rotatable bonds is 12. The molecule has 0 radical (unpaired) electrons. The van der Waals surface area contributed by atoms with Gasteiger partial charge in [-0.3, -0.25) is 4.68 Å². The number of amides is 2. The van der Waals surface area contributed by atoms with Gasteiger partial charge >= 0.3 is 6.03 Å². The minimum Gasteiger partial charge on any atom is -0.508 e. The second-order valence-electron chi connectivity index (χ2n) is 13.2. The fourth-order valence-electron chi connectivity index (χ4n) is 6.95. The van der Waals surface area contributed by atoms with Crippen LogP contribution >= 0.6 is 0 Å². The van der Waals surface area contributed by atoms with Gasteiger partial charge in [-0.05, 0) is 42.5 Å². The summed E-state index contributed by atoms with van der Waals surface area (Å²) in [5, 5.41) is 65.5. The Bertz CT molecular complexity index is 1950. The maximum absolute atomic E-state index is 12.8. The fraction of sp³-hybridized carbons (Fsp3) is 0.400. The summed E-state index contributed by atoms with van der Waals surface area (Å²) in [6, 6.07) is 14.4. The number of benzene rings is 2. The molecule has 0 spiro atoms. The zero-order valence-electron chi connectivity index (χ0n) is 27.8. The zero-order chi connectivity index (χ0) is 35.5. The average molecular weight is 699 g/mol. The Balaban J connectivity index is 1.14. The third kappa shape index (κ3) is 7.44. The topological polar surface area (TPSA) is 219 Å². The molecule has 0 bridgehead atoms. The molecule has 2 amide bonds. The largest absolute Gasteiger partial charge is 0.508 e. The molecule has 6 atom stereocenters. The number of nitrogens with zero attached hydrogens (tertiary/aromatic N) is 7. The summed E-state index contributed by atoms with van der Waals surface area (Å²) < 4.78 is 3.32. The Labute approximate surface area is 293 Å². The second kappa shape index (κ2) is 14.9. The number of carbonyl (C=O) groups excluding carboxylic acids is 1. The standard InChI is InChI=1S/C35H42N10O6/c46-18-23-15-38-45(16-23)28-13-27(30(49)31(28)50)44-20-37-29-32(39-25(19-47)11-21-5-2-1-3-6-21)41-34(42-33(29)44)43-10-9-24(17-43)40-35(51)36-14-22-7-4-8-26(48)12-22/h1-8,12,15-16,20,24-25,27-28,30-31,46-50H,9-11,13-14,17-19H2,(H2,36,40,51)(H,39,41,42). The van der Waals surface area contributed by atoms with Crippen LogP contribution in [0.25, 0.3) is 11.2 Å². The van der Waals surface area contributed by atoms with Gasteiger partial charge in [-0.15, -0.1) is 0 Å². The zero-order valence-corrected chi connectivity index (χ0v) is 27.8. The Kier molecular flexibility index (Phi) is 9.99. The minimum absolute atomic E-state index is 0.131. The number of anilines is 2. The normalized spacial score (nSPS) is 22.4. The van der Waals surface area contributed by atoms with Crippen LogP contribution in [0.1, 0.15) is 41.6 Å². The summed E-state index contributed by atoms with van der Waals surface area (Å²) in [6.07, 6.45) is 3.97. The van der Waals surface area contributed by atoms with Crippen LogP contribution in [0.15, 0.2) is 73.3 Å². The first-order chi connectivity index (χ1) is 24.8. The van der Waals surface area contributed by atoms with E-state index in [0.29, 0.717) is 60.8 Å². The minimum atomic E-state index is -1.16. The molecule has 7 rings (SSSR count). The lowest BCUT2D eigenvalue weighted by atomic mass is 10.1. The number of aliphatic hydroxyl groups excluding tert-OH is 4. The predicted molar refractivity (Wildman–Crippen MR) is 187 cm³/mol. The van der Waals surface area contributed by atoms with Gasteiger partial charge in [0.25, 0.3) is 0 Å². The van der Waals surface area contributed by atoms with Gasteiger partial charge in [0.15, 0.2) is 17.0 Å². The van der Waals surface area contributed by atoms with E-state index >= 15 is 0 Å². The van der Waals surface area contributed by atoms with Crippen LogP contribution < -0.4 is 20.9 Å². The van der Waals surface area contributed by atoms with Crippen molar-refractivity contribution < 1.29 is 30.3 Å². The van der Waals surface area contributed by atoms with Crippen LogP contribution in [-0.2, 0) is 19.6 Å². The maximum atomic E-state index is 12.8. The quantitative estimate of drug-likeness (QED) is 0.0923.